The molecule has 0 N–H and O–H groups in total. The molecule has 0 amide bonds. The van der Waals surface area contributed by atoms with Crippen LogP contribution in [0.4, 0.5) is 0 Å². The van der Waals surface area contributed by atoms with Crippen LogP contribution in [0.3, 0.4) is 0 Å². The molecule has 5 unspecified atom stereocenters. The molecule has 0 aromatic rings. The summed E-state index contributed by atoms with van der Waals surface area (Å²) in [7, 11) is 0. The van der Waals surface area contributed by atoms with Crippen LogP contribution < -0.4 is 0 Å². The van der Waals surface area contributed by atoms with Crippen LogP contribution in [0.15, 0.2) is 24.8 Å². The maximum Gasteiger partial charge on any atom is 0.334 e. The molecule has 3 fully saturated rings. The normalized spacial score (nSPS) is 36.2. The number of esters is 2. The van der Waals surface area contributed by atoms with Crippen molar-refractivity contribution in [2.45, 2.75) is 57.5 Å². The lowest BCUT2D eigenvalue weighted by molar-refractivity contribution is -0.166. The van der Waals surface area contributed by atoms with Crippen molar-refractivity contribution in [3.05, 3.63) is 24.8 Å². The fraction of sp³-hybridized carbons (Fsp3) is 0.700. The molecule has 0 saturated heterocycles. The largest absolute Gasteiger partial charge is 0.462 e. The van der Waals surface area contributed by atoms with Crippen molar-refractivity contribution in [2.75, 3.05) is 6.61 Å². The third-order valence-corrected chi connectivity index (χ3v) is 6.59. The maximum atomic E-state index is 12.5. The second-order valence-corrected chi connectivity index (χ2v) is 7.60. The molecule has 0 aromatic carbocycles. The lowest BCUT2D eigenvalue weighted by atomic mass is 9.71. The number of hydrogen-bond acceptors (Lipinski definition) is 4. The first-order chi connectivity index (χ1) is 11.5. The van der Waals surface area contributed by atoms with Crippen molar-refractivity contribution < 1.29 is 19.1 Å². The molecule has 3 rings (SSSR count). The summed E-state index contributed by atoms with van der Waals surface area (Å²) >= 11 is 0. The van der Waals surface area contributed by atoms with Gasteiger partial charge in [-0.2, -0.15) is 0 Å². The Bertz CT molecular complexity index is 552. The van der Waals surface area contributed by atoms with E-state index in [-0.39, 0.29) is 18.2 Å². The Kier molecular flexibility index (Phi) is 4.84. The molecule has 0 heterocycles. The average Bonchev–Trinajstić information content (AvgIpc) is 3.26. The fourth-order valence-corrected chi connectivity index (χ4v) is 5.50. The number of ether oxygens (including phenoxy) is 2. The third-order valence-electron chi connectivity index (χ3n) is 6.59. The third kappa shape index (κ3) is 2.91. The highest BCUT2D eigenvalue weighted by atomic mass is 16.6. The van der Waals surface area contributed by atoms with E-state index in [9.17, 15) is 9.59 Å². The number of carbonyl (C=O) groups excluding carboxylic acids is 2. The Labute approximate surface area is 144 Å². The van der Waals surface area contributed by atoms with Crippen LogP contribution in [0.1, 0.15) is 51.9 Å². The van der Waals surface area contributed by atoms with Crippen molar-refractivity contribution in [1.29, 1.82) is 0 Å². The van der Waals surface area contributed by atoms with E-state index in [2.05, 4.69) is 20.1 Å². The fourth-order valence-electron chi connectivity index (χ4n) is 5.50. The number of carbonyl (C=O) groups is 2. The van der Waals surface area contributed by atoms with Gasteiger partial charge in [0.25, 0.3) is 0 Å². The van der Waals surface area contributed by atoms with E-state index in [1.165, 1.54) is 25.7 Å². The quantitative estimate of drug-likeness (QED) is 0.525. The van der Waals surface area contributed by atoms with E-state index >= 15 is 0 Å². The van der Waals surface area contributed by atoms with Gasteiger partial charge >= 0.3 is 11.9 Å². The van der Waals surface area contributed by atoms with E-state index in [0.29, 0.717) is 17.9 Å². The smallest absolute Gasteiger partial charge is 0.334 e. The van der Waals surface area contributed by atoms with E-state index in [1.54, 1.807) is 0 Å². The number of fused-ring (bicyclic) bond motifs is 5. The average molecular weight is 332 g/mol. The van der Waals surface area contributed by atoms with Gasteiger partial charge in [0.1, 0.15) is 5.60 Å². The molecule has 4 nitrogen and oxygen atoms in total. The van der Waals surface area contributed by atoms with Crippen LogP contribution in [0.2, 0.25) is 0 Å². The van der Waals surface area contributed by atoms with Crippen molar-refractivity contribution >= 4 is 11.9 Å². The van der Waals surface area contributed by atoms with Gasteiger partial charge < -0.3 is 9.47 Å². The summed E-state index contributed by atoms with van der Waals surface area (Å²) in [4.78, 5) is 23.5. The maximum absolute atomic E-state index is 12.5. The highest BCUT2D eigenvalue weighted by molar-refractivity contribution is 5.88. The summed E-state index contributed by atoms with van der Waals surface area (Å²) in [5, 5.41) is 0. The van der Waals surface area contributed by atoms with Gasteiger partial charge in [-0.25, -0.2) is 9.59 Å². The molecule has 4 heteroatoms. The SMILES string of the molecule is C=CC(=O)OCCC(=C)C(=O)OC1(CC)CC2CC1C1CCCC21. The summed E-state index contributed by atoms with van der Waals surface area (Å²) in [6.07, 6.45) is 8.52. The van der Waals surface area contributed by atoms with Gasteiger partial charge in [-0.05, 0) is 49.9 Å². The van der Waals surface area contributed by atoms with Crippen molar-refractivity contribution in [2.24, 2.45) is 23.7 Å². The monoisotopic (exact) mass is 332 g/mol. The van der Waals surface area contributed by atoms with Gasteiger partial charge in [-0.15, -0.1) is 0 Å². The zero-order valence-electron chi connectivity index (χ0n) is 14.6. The van der Waals surface area contributed by atoms with E-state index in [1.807, 2.05) is 0 Å². The molecule has 24 heavy (non-hydrogen) atoms. The van der Waals surface area contributed by atoms with Gasteiger partial charge in [0.05, 0.1) is 6.61 Å². The van der Waals surface area contributed by atoms with Crippen LogP contribution in [0, 0.1) is 23.7 Å². The molecule has 0 spiro atoms. The molecular weight excluding hydrogens is 304 g/mol. The second kappa shape index (κ2) is 6.73. The van der Waals surface area contributed by atoms with Gasteiger partial charge in [0, 0.05) is 24.0 Å². The predicted octanol–water partition coefficient (Wildman–Crippen LogP) is 3.81. The highest BCUT2D eigenvalue weighted by Crippen LogP contribution is 2.64. The van der Waals surface area contributed by atoms with Crippen molar-refractivity contribution in [1.82, 2.24) is 0 Å². The molecule has 0 aromatic heterocycles. The van der Waals surface area contributed by atoms with Gasteiger partial charge in [0.2, 0.25) is 0 Å². The van der Waals surface area contributed by atoms with Crippen molar-refractivity contribution in [3.8, 4) is 0 Å². The Balaban J connectivity index is 1.57. The Hall–Kier alpha value is -1.58. The molecule has 3 saturated carbocycles. The standard InChI is InChI=1S/C20H28O4/c1-4-18(21)23-10-9-13(3)19(22)24-20(5-2)12-14-11-17(20)16-8-6-7-15(14)16/h4,14-17H,1,3,5-12H2,2H3. The first-order valence-corrected chi connectivity index (χ1v) is 9.21. The van der Waals surface area contributed by atoms with E-state index < -0.39 is 5.97 Å². The van der Waals surface area contributed by atoms with Crippen LogP contribution >= 0.6 is 0 Å². The minimum Gasteiger partial charge on any atom is -0.462 e. The van der Waals surface area contributed by atoms with Gasteiger partial charge in [-0.1, -0.05) is 26.5 Å². The van der Waals surface area contributed by atoms with Crippen LogP contribution in [0.25, 0.3) is 0 Å². The zero-order chi connectivity index (χ0) is 17.3. The summed E-state index contributed by atoms with van der Waals surface area (Å²) < 4.78 is 11.0. The topological polar surface area (TPSA) is 52.6 Å². The Morgan fingerprint density at radius 2 is 2.04 bits per heavy atom. The minimum atomic E-state index is -0.485. The van der Waals surface area contributed by atoms with Gasteiger partial charge in [0.15, 0.2) is 0 Å². The summed E-state index contributed by atoms with van der Waals surface area (Å²) in [5.74, 6) is 2.07. The summed E-state index contributed by atoms with van der Waals surface area (Å²) in [6, 6.07) is 0. The Morgan fingerprint density at radius 1 is 1.29 bits per heavy atom. The van der Waals surface area contributed by atoms with Crippen LogP contribution in [0.5, 0.6) is 0 Å². The van der Waals surface area contributed by atoms with E-state index in [0.717, 1.165) is 36.7 Å². The zero-order valence-corrected chi connectivity index (χ0v) is 14.6. The predicted molar refractivity (Wildman–Crippen MR) is 91.1 cm³/mol. The first-order valence-electron chi connectivity index (χ1n) is 9.21. The molecule has 3 aliphatic carbocycles. The molecule has 5 atom stereocenters. The molecule has 2 bridgehead atoms. The van der Waals surface area contributed by atoms with Crippen molar-refractivity contribution in [3.63, 3.8) is 0 Å². The molecule has 0 radical (unpaired) electrons. The summed E-state index contributed by atoms with van der Waals surface area (Å²) in [6.45, 7) is 9.43. The van der Waals surface area contributed by atoms with Crippen LogP contribution in [-0.2, 0) is 19.1 Å². The van der Waals surface area contributed by atoms with Gasteiger partial charge in [-0.3, -0.25) is 0 Å². The van der Waals surface area contributed by atoms with E-state index in [4.69, 9.17) is 9.47 Å². The lowest BCUT2D eigenvalue weighted by Gasteiger charge is -2.42. The second-order valence-electron chi connectivity index (χ2n) is 7.60. The molecule has 3 aliphatic rings. The number of hydrogen-bond donors (Lipinski definition) is 0. The number of rotatable bonds is 7. The highest BCUT2D eigenvalue weighted by Gasteiger charge is 2.62. The molecule has 132 valence electrons. The molecular formula is C20H28O4. The minimum absolute atomic E-state index is 0.134. The lowest BCUT2D eigenvalue weighted by Crippen LogP contribution is -2.45. The first kappa shape index (κ1) is 17.2. The summed E-state index contributed by atoms with van der Waals surface area (Å²) in [5.41, 5.74) is 0.0824. The Morgan fingerprint density at radius 3 is 2.75 bits per heavy atom. The van der Waals surface area contributed by atoms with Crippen LogP contribution in [-0.4, -0.2) is 24.1 Å². The molecule has 0 aliphatic heterocycles.